The molecule has 1 aliphatic rings. The zero-order chi connectivity index (χ0) is 12.4. The van der Waals surface area contributed by atoms with Crippen molar-refractivity contribution in [1.29, 1.82) is 5.26 Å². The first-order valence-electron chi connectivity index (χ1n) is 5.92. The van der Waals surface area contributed by atoms with Gasteiger partial charge in [0.1, 0.15) is 11.9 Å². The smallest absolute Gasteiger partial charge is 0.105 e. The van der Waals surface area contributed by atoms with Crippen molar-refractivity contribution in [3.05, 3.63) is 28.8 Å². The first kappa shape index (κ1) is 11.7. The molecular formula is C14H17N3. The molecule has 3 nitrogen and oxygen atoms in total. The van der Waals surface area contributed by atoms with Gasteiger partial charge in [0.2, 0.25) is 0 Å². The molecule has 0 radical (unpaired) electrons. The Balaban J connectivity index is 2.49. The highest BCUT2D eigenvalue weighted by atomic mass is 15.2. The average molecular weight is 227 g/mol. The van der Waals surface area contributed by atoms with Crippen LogP contribution in [0, 0.1) is 25.2 Å². The summed E-state index contributed by atoms with van der Waals surface area (Å²) < 4.78 is 0. The third-order valence-electron chi connectivity index (χ3n) is 3.14. The molecule has 0 spiro atoms. The zero-order valence-electron chi connectivity index (χ0n) is 10.6. The average Bonchev–Trinajstić information content (AvgIpc) is 2.68. The van der Waals surface area contributed by atoms with E-state index in [4.69, 9.17) is 0 Å². The van der Waals surface area contributed by atoms with Gasteiger partial charge in [-0.05, 0) is 37.5 Å². The fourth-order valence-corrected chi connectivity index (χ4v) is 2.26. The van der Waals surface area contributed by atoms with E-state index in [-0.39, 0.29) is 0 Å². The van der Waals surface area contributed by atoms with Crippen molar-refractivity contribution in [2.24, 2.45) is 4.99 Å². The molecule has 2 rings (SSSR count). The van der Waals surface area contributed by atoms with E-state index in [1.807, 2.05) is 19.9 Å². The number of nitriles is 1. The Hall–Kier alpha value is -1.82. The van der Waals surface area contributed by atoms with E-state index in [1.165, 1.54) is 0 Å². The second-order valence-electron chi connectivity index (χ2n) is 4.64. The Labute approximate surface area is 102 Å². The van der Waals surface area contributed by atoms with Crippen molar-refractivity contribution in [2.75, 3.05) is 13.6 Å². The Morgan fingerprint density at radius 3 is 2.71 bits per heavy atom. The van der Waals surface area contributed by atoms with Gasteiger partial charge in [0, 0.05) is 20.0 Å². The van der Waals surface area contributed by atoms with Crippen LogP contribution in [0.3, 0.4) is 0 Å². The van der Waals surface area contributed by atoms with E-state index in [0.717, 1.165) is 42.0 Å². The van der Waals surface area contributed by atoms with Gasteiger partial charge in [0.15, 0.2) is 0 Å². The van der Waals surface area contributed by atoms with Crippen LogP contribution in [0.1, 0.15) is 29.5 Å². The minimum Gasteiger partial charge on any atom is -0.363 e. The molecule has 3 heteroatoms. The zero-order valence-corrected chi connectivity index (χ0v) is 10.6. The minimum atomic E-state index is 0.676. The second kappa shape index (κ2) is 4.58. The summed E-state index contributed by atoms with van der Waals surface area (Å²) in [6, 6.07) is 6.22. The predicted octanol–water partition coefficient (Wildman–Crippen LogP) is 2.93. The summed E-state index contributed by atoms with van der Waals surface area (Å²) in [5.41, 5.74) is 3.70. The van der Waals surface area contributed by atoms with Crippen molar-refractivity contribution in [3.8, 4) is 6.07 Å². The molecule has 0 bridgehead atoms. The van der Waals surface area contributed by atoms with Crippen LogP contribution >= 0.6 is 0 Å². The minimum absolute atomic E-state index is 0.676. The number of rotatable bonds is 1. The molecule has 0 aromatic heterocycles. The first-order chi connectivity index (χ1) is 8.11. The third kappa shape index (κ3) is 2.31. The molecule has 17 heavy (non-hydrogen) atoms. The van der Waals surface area contributed by atoms with E-state index >= 15 is 0 Å². The van der Waals surface area contributed by atoms with E-state index in [0.29, 0.717) is 5.56 Å². The van der Waals surface area contributed by atoms with E-state index in [9.17, 15) is 5.26 Å². The largest absolute Gasteiger partial charge is 0.363 e. The maximum atomic E-state index is 9.17. The number of amidine groups is 1. The van der Waals surface area contributed by atoms with E-state index in [1.54, 1.807) is 0 Å². The number of likely N-dealkylation sites (tertiary alicyclic amines) is 1. The summed E-state index contributed by atoms with van der Waals surface area (Å²) in [7, 11) is 2.06. The normalized spacial score (nSPS) is 17.5. The lowest BCUT2D eigenvalue weighted by atomic mass is 10.1. The molecule has 1 aromatic rings. The molecule has 1 fully saturated rings. The molecule has 1 saturated heterocycles. The summed E-state index contributed by atoms with van der Waals surface area (Å²) >= 11 is 0. The van der Waals surface area contributed by atoms with Crippen LogP contribution in [0.25, 0.3) is 0 Å². The maximum Gasteiger partial charge on any atom is 0.105 e. The summed E-state index contributed by atoms with van der Waals surface area (Å²) in [6.45, 7) is 5.08. The van der Waals surface area contributed by atoms with Gasteiger partial charge in [0.25, 0.3) is 0 Å². The molecule has 1 heterocycles. The van der Waals surface area contributed by atoms with Crippen LogP contribution in [-0.4, -0.2) is 24.3 Å². The summed E-state index contributed by atoms with van der Waals surface area (Å²) in [5.74, 6) is 1.09. The summed E-state index contributed by atoms with van der Waals surface area (Å²) in [5, 5.41) is 9.17. The summed E-state index contributed by atoms with van der Waals surface area (Å²) in [6.07, 6.45) is 2.16. The molecule has 0 saturated carbocycles. The van der Waals surface area contributed by atoms with Crippen molar-refractivity contribution in [3.63, 3.8) is 0 Å². The SMILES string of the molecule is Cc1cc(C)c(N=C2CCCN2C)c(C#N)c1. The molecule has 0 amide bonds. The molecular weight excluding hydrogens is 210 g/mol. The van der Waals surface area contributed by atoms with Gasteiger partial charge in [-0.2, -0.15) is 5.26 Å². The Bertz CT molecular complexity index is 509. The lowest BCUT2D eigenvalue weighted by Crippen LogP contribution is -2.18. The number of nitrogens with zero attached hydrogens (tertiary/aromatic N) is 3. The van der Waals surface area contributed by atoms with Crippen molar-refractivity contribution < 1.29 is 0 Å². The van der Waals surface area contributed by atoms with E-state index in [2.05, 4.69) is 29.1 Å². The number of aryl methyl sites for hydroxylation is 2. The summed E-state index contributed by atoms with van der Waals surface area (Å²) in [4.78, 5) is 6.84. The molecule has 1 aromatic carbocycles. The Kier molecular flexibility index (Phi) is 3.14. The van der Waals surface area contributed by atoms with Crippen molar-refractivity contribution >= 4 is 11.5 Å². The van der Waals surface area contributed by atoms with Gasteiger partial charge in [-0.25, -0.2) is 4.99 Å². The lowest BCUT2D eigenvalue weighted by molar-refractivity contribution is 0.550. The fraction of sp³-hybridized carbons (Fsp3) is 0.429. The second-order valence-corrected chi connectivity index (χ2v) is 4.64. The Morgan fingerprint density at radius 2 is 2.12 bits per heavy atom. The van der Waals surface area contributed by atoms with Crippen LogP contribution in [0.2, 0.25) is 0 Å². The van der Waals surface area contributed by atoms with Gasteiger partial charge in [-0.3, -0.25) is 0 Å². The highest BCUT2D eigenvalue weighted by Crippen LogP contribution is 2.27. The fourth-order valence-electron chi connectivity index (χ4n) is 2.26. The third-order valence-corrected chi connectivity index (χ3v) is 3.14. The Morgan fingerprint density at radius 1 is 1.35 bits per heavy atom. The maximum absolute atomic E-state index is 9.17. The van der Waals surface area contributed by atoms with Crippen molar-refractivity contribution in [1.82, 2.24) is 4.90 Å². The van der Waals surface area contributed by atoms with Crippen molar-refractivity contribution in [2.45, 2.75) is 26.7 Å². The number of benzene rings is 1. The topological polar surface area (TPSA) is 39.4 Å². The van der Waals surface area contributed by atoms with Crippen LogP contribution in [-0.2, 0) is 0 Å². The molecule has 88 valence electrons. The number of hydrogen-bond acceptors (Lipinski definition) is 2. The van der Waals surface area contributed by atoms with Gasteiger partial charge >= 0.3 is 0 Å². The molecule has 0 aliphatic carbocycles. The van der Waals surface area contributed by atoms with Crippen LogP contribution in [0.4, 0.5) is 5.69 Å². The molecule has 0 N–H and O–H groups in total. The lowest BCUT2D eigenvalue weighted by Gasteiger charge is -2.12. The molecule has 1 aliphatic heterocycles. The van der Waals surface area contributed by atoms with E-state index < -0.39 is 0 Å². The van der Waals surface area contributed by atoms with Crippen LogP contribution < -0.4 is 0 Å². The highest BCUT2D eigenvalue weighted by molar-refractivity contribution is 5.87. The standard InChI is InChI=1S/C14H17N3/c1-10-7-11(2)14(12(8-10)9-15)16-13-5-4-6-17(13)3/h7-8H,4-6H2,1-3H3. The van der Waals surface area contributed by atoms with Gasteiger partial charge < -0.3 is 4.90 Å². The first-order valence-corrected chi connectivity index (χ1v) is 5.92. The highest BCUT2D eigenvalue weighted by Gasteiger charge is 2.15. The van der Waals surface area contributed by atoms with Gasteiger partial charge in [0.05, 0.1) is 11.3 Å². The van der Waals surface area contributed by atoms with Gasteiger partial charge in [-0.1, -0.05) is 6.07 Å². The van der Waals surface area contributed by atoms with Gasteiger partial charge in [-0.15, -0.1) is 0 Å². The number of hydrogen-bond donors (Lipinski definition) is 0. The molecule has 0 unspecified atom stereocenters. The monoisotopic (exact) mass is 227 g/mol. The quantitative estimate of drug-likeness (QED) is 0.740. The number of aliphatic imine (C=N–C) groups is 1. The van der Waals surface area contributed by atoms with Crippen LogP contribution in [0.15, 0.2) is 17.1 Å². The predicted molar refractivity (Wildman–Crippen MR) is 69.6 cm³/mol. The van der Waals surface area contributed by atoms with Crippen LogP contribution in [0.5, 0.6) is 0 Å². The molecule has 0 atom stereocenters.